The van der Waals surface area contributed by atoms with Gasteiger partial charge < -0.3 is 0 Å². The molecule has 0 aliphatic heterocycles. The van der Waals surface area contributed by atoms with Gasteiger partial charge in [-0.25, -0.2) is 9.13 Å². The number of benzene rings is 2. The van der Waals surface area contributed by atoms with Crippen LogP contribution in [-0.4, -0.2) is 4.57 Å². The predicted octanol–water partition coefficient (Wildman–Crippen LogP) is 10.0. The molecule has 1 heterocycles. The van der Waals surface area contributed by atoms with E-state index in [4.69, 9.17) is 0 Å². The summed E-state index contributed by atoms with van der Waals surface area (Å²) in [6.07, 6.45) is 24.7. The van der Waals surface area contributed by atoms with Gasteiger partial charge >= 0.3 is 0 Å². The van der Waals surface area contributed by atoms with Crippen LogP contribution in [0, 0.1) is 0 Å². The Hall–Kier alpha value is -2.35. The molecule has 0 spiro atoms. The lowest BCUT2D eigenvalue weighted by Gasteiger charge is -2.18. The summed E-state index contributed by atoms with van der Waals surface area (Å²) >= 11 is 0. The lowest BCUT2D eigenvalue weighted by molar-refractivity contribution is -0.704. The fourth-order valence-corrected chi connectivity index (χ4v) is 5.81. The average molecular weight is 516 g/mol. The van der Waals surface area contributed by atoms with Crippen LogP contribution in [0.1, 0.15) is 133 Å². The first-order chi connectivity index (χ1) is 18.7. The third-order valence-electron chi connectivity index (χ3n) is 8.42. The van der Waals surface area contributed by atoms with Crippen LogP contribution in [0.3, 0.4) is 0 Å². The van der Waals surface area contributed by atoms with E-state index in [9.17, 15) is 0 Å². The summed E-state index contributed by atoms with van der Waals surface area (Å²) in [5.74, 6) is 2.05. The molecule has 1 aromatic heterocycles. The SMILES string of the molecule is CCCCCCCCCCCCC[n+]1ccn(C(C)CC)c1CCC(Cc1ccccc1)c1ccccc1. The summed E-state index contributed by atoms with van der Waals surface area (Å²) in [7, 11) is 0. The van der Waals surface area contributed by atoms with Crippen LogP contribution >= 0.6 is 0 Å². The van der Waals surface area contributed by atoms with Gasteiger partial charge in [0.1, 0.15) is 12.4 Å². The van der Waals surface area contributed by atoms with E-state index in [-0.39, 0.29) is 0 Å². The van der Waals surface area contributed by atoms with E-state index in [0.29, 0.717) is 12.0 Å². The Kier molecular flexibility index (Phi) is 14.3. The van der Waals surface area contributed by atoms with E-state index in [1.807, 2.05) is 0 Å². The zero-order valence-corrected chi connectivity index (χ0v) is 24.8. The van der Waals surface area contributed by atoms with Crippen molar-refractivity contribution >= 4 is 0 Å². The molecule has 0 saturated heterocycles. The fraction of sp³-hybridized carbons (Fsp3) is 0.583. The molecule has 38 heavy (non-hydrogen) atoms. The highest BCUT2D eigenvalue weighted by atomic mass is 15.2. The minimum absolute atomic E-state index is 0.536. The van der Waals surface area contributed by atoms with Crippen molar-refractivity contribution in [2.24, 2.45) is 0 Å². The maximum atomic E-state index is 2.57. The Balaban J connectivity index is 1.54. The normalized spacial score (nSPS) is 13.0. The quantitative estimate of drug-likeness (QED) is 0.105. The largest absolute Gasteiger partial charge is 0.256 e. The predicted molar refractivity (Wildman–Crippen MR) is 164 cm³/mol. The monoisotopic (exact) mass is 515 g/mol. The third-order valence-corrected chi connectivity index (χ3v) is 8.42. The molecule has 208 valence electrons. The molecule has 2 aromatic carbocycles. The number of rotatable bonds is 20. The second-order valence-electron chi connectivity index (χ2n) is 11.4. The first-order valence-electron chi connectivity index (χ1n) is 15.9. The molecule has 2 heteroatoms. The van der Waals surface area contributed by atoms with Crippen molar-refractivity contribution in [1.82, 2.24) is 4.57 Å². The topological polar surface area (TPSA) is 8.81 Å². The molecule has 3 rings (SSSR count). The number of nitrogens with zero attached hydrogens (tertiary/aromatic N) is 2. The minimum Gasteiger partial charge on any atom is -0.234 e. The van der Waals surface area contributed by atoms with Gasteiger partial charge in [0.05, 0.1) is 12.6 Å². The second-order valence-corrected chi connectivity index (χ2v) is 11.4. The first kappa shape index (κ1) is 30.2. The Morgan fingerprint density at radius 1 is 0.711 bits per heavy atom. The number of imidazole rings is 1. The van der Waals surface area contributed by atoms with Crippen LogP contribution in [0.2, 0.25) is 0 Å². The van der Waals surface area contributed by atoms with E-state index in [1.165, 1.54) is 100 Å². The zero-order chi connectivity index (χ0) is 26.8. The van der Waals surface area contributed by atoms with E-state index in [2.05, 4.69) is 103 Å². The number of aryl methyl sites for hydroxylation is 1. The van der Waals surface area contributed by atoms with E-state index in [0.717, 1.165) is 19.4 Å². The van der Waals surface area contributed by atoms with Crippen molar-refractivity contribution < 1.29 is 4.57 Å². The molecule has 0 fully saturated rings. The van der Waals surface area contributed by atoms with Crippen LogP contribution in [0.15, 0.2) is 73.1 Å². The highest BCUT2D eigenvalue weighted by Crippen LogP contribution is 2.26. The van der Waals surface area contributed by atoms with E-state index < -0.39 is 0 Å². The van der Waals surface area contributed by atoms with Gasteiger partial charge in [-0.15, -0.1) is 0 Å². The van der Waals surface area contributed by atoms with Crippen molar-refractivity contribution in [2.45, 2.75) is 136 Å². The molecule has 2 unspecified atom stereocenters. The van der Waals surface area contributed by atoms with Gasteiger partial charge in [-0.05, 0) is 56.1 Å². The molecule has 0 aliphatic rings. The highest BCUT2D eigenvalue weighted by Gasteiger charge is 2.23. The Bertz CT molecular complexity index is 975. The number of unbranched alkanes of at least 4 members (excludes halogenated alkanes) is 10. The summed E-state index contributed by atoms with van der Waals surface area (Å²) in [4.78, 5) is 0. The van der Waals surface area contributed by atoms with E-state index in [1.54, 1.807) is 0 Å². The third kappa shape index (κ3) is 10.4. The summed E-state index contributed by atoms with van der Waals surface area (Å²) in [6, 6.07) is 22.8. The van der Waals surface area contributed by atoms with Gasteiger partial charge in [0.25, 0.3) is 5.82 Å². The van der Waals surface area contributed by atoms with Gasteiger partial charge in [-0.2, -0.15) is 0 Å². The van der Waals surface area contributed by atoms with Crippen LogP contribution in [0.4, 0.5) is 0 Å². The average Bonchev–Trinajstić information content (AvgIpc) is 3.37. The lowest BCUT2D eigenvalue weighted by Crippen LogP contribution is -2.38. The Morgan fingerprint density at radius 2 is 1.29 bits per heavy atom. The number of aromatic nitrogens is 2. The second kappa shape index (κ2) is 18.0. The van der Waals surface area contributed by atoms with Crippen LogP contribution in [0.5, 0.6) is 0 Å². The zero-order valence-electron chi connectivity index (χ0n) is 24.8. The molecule has 2 atom stereocenters. The maximum absolute atomic E-state index is 2.57. The molecule has 0 saturated carbocycles. The van der Waals surface area contributed by atoms with Crippen LogP contribution < -0.4 is 4.57 Å². The Morgan fingerprint density at radius 3 is 1.89 bits per heavy atom. The van der Waals surface area contributed by atoms with Crippen molar-refractivity contribution in [3.05, 3.63) is 90.0 Å². The smallest absolute Gasteiger partial charge is 0.234 e. The fourth-order valence-electron chi connectivity index (χ4n) is 5.81. The van der Waals surface area contributed by atoms with Crippen molar-refractivity contribution in [3.8, 4) is 0 Å². The summed E-state index contributed by atoms with van der Waals surface area (Å²) < 4.78 is 5.13. The van der Waals surface area contributed by atoms with Gasteiger partial charge in [0.15, 0.2) is 0 Å². The van der Waals surface area contributed by atoms with Gasteiger partial charge in [0, 0.05) is 6.42 Å². The summed E-state index contributed by atoms with van der Waals surface area (Å²) in [6.45, 7) is 8.14. The van der Waals surface area contributed by atoms with Gasteiger partial charge in [0.2, 0.25) is 0 Å². The molecular formula is C36H55N2+. The van der Waals surface area contributed by atoms with Crippen LogP contribution in [-0.2, 0) is 19.4 Å². The number of hydrogen-bond donors (Lipinski definition) is 0. The molecule has 0 aliphatic carbocycles. The molecule has 0 amide bonds. The van der Waals surface area contributed by atoms with Crippen LogP contribution in [0.25, 0.3) is 0 Å². The molecule has 0 radical (unpaired) electrons. The molecule has 0 N–H and O–H groups in total. The molecule has 2 nitrogen and oxygen atoms in total. The standard InChI is InChI=1S/C36H55N2/c1-4-6-7-8-9-10-11-12-13-14-21-28-37-29-30-38(32(3)5-2)36(37)27-26-35(34-24-19-16-20-25-34)31-33-22-17-15-18-23-33/h15-20,22-25,29-30,32,35H,4-14,21,26-28,31H2,1-3H3/q+1. The minimum atomic E-state index is 0.536. The molecule has 3 aromatic rings. The first-order valence-corrected chi connectivity index (χ1v) is 15.9. The van der Waals surface area contributed by atoms with Crippen molar-refractivity contribution in [2.75, 3.05) is 0 Å². The summed E-state index contributed by atoms with van der Waals surface area (Å²) in [5.41, 5.74) is 2.91. The van der Waals surface area contributed by atoms with Gasteiger partial charge in [-0.1, -0.05) is 132 Å². The maximum Gasteiger partial charge on any atom is 0.256 e. The van der Waals surface area contributed by atoms with E-state index >= 15 is 0 Å². The summed E-state index contributed by atoms with van der Waals surface area (Å²) in [5, 5.41) is 0. The number of hydrogen-bond acceptors (Lipinski definition) is 0. The lowest BCUT2D eigenvalue weighted by atomic mass is 9.88. The highest BCUT2D eigenvalue weighted by molar-refractivity contribution is 5.24. The molecular weight excluding hydrogens is 460 g/mol. The molecule has 0 bridgehead atoms. The van der Waals surface area contributed by atoms with Crippen molar-refractivity contribution in [3.63, 3.8) is 0 Å². The Labute approximate surface area is 234 Å². The van der Waals surface area contributed by atoms with Crippen molar-refractivity contribution in [1.29, 1.82) is 0 Å². The van der Waals surface area contributed by atoms with Gasteiger partial charge in [-0.3, -0.25) is 0 Å².